The van der Waals surface area contributed by atoms with Crippen LogP contribution in [0.4, 0.5) is 5.69 Å². The molecule has 1 aliphatic heterocycles. The summed E-state index contributed by atoms with van der Waals surface area (Å²) in [5.74, 6) is -2.08. The van der Waals surface area contributed by atoms with Crippen LogP contribution in [0, 0.1) is 11.3 Å². The zero-order chi connectivity index (χ0) is 26.2. The average Bonchev–Trinajstić information content (AvgIpc) is 3.31. The molecule has 1 aliphatic rings. The monoisotopic (exact) mass is 503 g/mol. The van der Waals surface area contributed by atoms with Gasteiger partial charge >= 0.3 is 5.97 Å². The summed E-state index contributed by atoms with van der Waals surface area (Å²) in [6.45, 7) is 9.92. The highest BCUT2D eigenvalue weighted by atomic mass is 32.2. The van der Waals surface area contributed by atoms with Gasteiger partial charge in [0.1, 0.15) is 5.92 Å². The Kier molecular flexibility index (Phi) is 7.50. The van der Waals surface area contributed by atoms with E-state index in [0.29, 0.717) is 18.5 Å². The lowest BCUT2D eigenvalue weighted by Gasteiger charge is -2.34. The number of ketones is 1. The van der Waals surface area contributed by atoms with Crippen LogP contribution < -0.4 is 4.31 Å². The van der Waals surface area contributed by atoms with Gasteiger partial charge in [-0.2, -0.15) is 8.42 Å². The van der Waals surface area contributed by atoms with E-state index in [9.17, 15) is 18.0 Å². The number of anilines is 1. The van der Waals surface area contributed by atoms with Crippen molar-refractivity contribution in [3.05, 3.63) is 42.4 Å². The normalized spacial score (nSPS) is 19.0. The summed E-state index contributed by atoms with van der Waals surface area (Å²) in [6.07, 6.45) is 5.35. The van der Waals surface area contributed by atoms with Crippen LogP contribution in [-0.4, -0.2) is 42.4 Å². The molecular weight excluding hydrogens is 466 g/mol. The van der Waals surface area contributed by atoms with Gasteiger partial charge in [-0.05, 0) is 36.0 Å². The SMILES string of the molecule is CCCC1(CCC)OC(=O)C(C(c2cccc(N(C)S(=O)(=O)c3cn(C)cn3)c2)C(C)(C)C)C1=O. The fourth-order valence-electron chi connectivity index (χ4n) is 5.17. The molecule has 0 aliphatic carbocycles. The molecule has 0 saturated carbocycles. The lowest BCUT2D eigenvalue weighted by molar-refractivity contribution is -0.154. The summed E-state index contributed by atoms with van der Waals surface area (Å²) in [5, 5.41) is -0.0567. The van der Waals surface area contributed by atoms with Crippen LogP contribution >= 0.6 is 0 Å². The number of cyclic esters (lactones) is 1. The molecule has 3 rings (SSSR count). The number of aromatic nitrogens is 2. The molecule has 192 valence electrons. The minimum atomic E-state index is -3.88. The van der Waals surface area contributed by atoms with Gasteiger partial charge in [0.2, 0.25) is 0 Å². The van der Waals surface area contributed by atoms with E-state index in [4.69, 9.17) is 4.74 Å². The maximum atomic E-state index is 13.8. The predicted molar refractivity (Wildman–Crippen MR) is 135 cm³/mol. The van der Waals surface area contributed by atoms with E-state index < -0.39 is 38.8 Å². The van der Waals surface area contributed by atoms with E-state index in [-0.39, 0.29) is 10.8 Å². The first-order valence-electron chi connectivity index (χ1n) is 12.1. The average molecular weight is 504 g/mol. The molecular formula is C26H37N3O5S. The van der Waals surface area contributed by atoms with E-state index >= 15 is 0 Å². The van der Waals surface area contributed by atoms with Crippen molar-refractivity contribution < 1.29 is 22.7 Å². The number of nitrogens with zero attached hydrogens (tertiary/aromatic N) is 3. The summed E-state index contributed by atoms with van der Waals surface area (Å²) in [5.41, 5.74) is -0.400. The molecule has 1 aromatic heterocycles. The van der Waals surface area contributed by atoms with Crippen molar-refractivity contribution in [3.63, 3.8) is 0 Å². The summed E-state index contributed by atoms with van der Waals surface area (Å²) >= 11 is 0. The quantitative estimate of drug-likeness (QED) is 0.370. The number of rotatable bonds is 9. The van der Waals surface area contributed by atoms with Crippen LogP contribution in [0.2, 0.25) is 0 Å². The molecule has 0 spiro atoms. The Labute approximate surface area is 208 Å². The van der Waals surface area contributed by atoms with E-state index in [2.05, 4.69) is 4.98 Å². The van der Waals surface area contributed by atoms with Gasteiger partial charge in [0.15, 0.2) is 16.4 Å². The molecule has 2 unspecified atom stereocenters. The Morgan fingerprint density at radius 3 is 2.31 bits per heavy atom. The van der Waals surface area contributed by atoms with Crippen molar-refractivity contribution in [1.82, 2.24) is 9.55 Å². The molecule has 0 radical (unpaired) electrons. The maximum Gasteiger partial charge on any atom is 0.318 e. The van der Waals surface area contributed by atoms with Gasteiger partial charge in [-0.3, -0.25) is 13.9 Å². The van der Waals surface area contributed by atoms with Gasteiger partial charge in [0.25, 0.3) is 10.0 Å². The molecule has 9 heteroatoms. The van der Waals surface area contributed by atoms with Crippen molar-refractivity contribution in [2.24, 2.45) is 18.4 Å². The zero-order valence-electron chi connectivity index (χ0n) is 21.7. The fourth-order valence-corrected chi connectivity index (χ4v) is 6.32. The highest BCUT2D eigenvalue weighted by Crippen LogP contribution is 2.49. The molecule has 1 fully saturated rings. The lowest BCUT2D eigenvalue weighted by Crippen LogP contribution is -2.40. The summed E-state index contributed by atoms with van der Waals surface area (Å²) in [7, 11) is -0.706. The van der Waals surface area contributed by atoms with Crippen LogP contribution in [-0.2, 0) is 31.4 Å². The second kappa shape index (κ2) is 9.76. The zero-order valence-corrected chi connectivity index (χ0v) is 22.6. The van der Waals surface area contributed by atoms with Gasteiger partial charge in [0.05, 0.1) is 12.0 Å². The van der Waals surface area contributed by atoms with Gasteiger partial charge in [-0.1, -0.05) is 59.6 Å². The van der Waals surface area contributed by atoms with E-state index in [1.165, 1.54) is 23.9 Å². The Morgan fingerprint density at radius 2 is 1.80 bits per heavy atom. The van der Waals surface area contributed by atoms with E-state index in [1.807, 2.05) is 40.7 Å². The molecule has 0 amide bonds. The molecule has 0 N–H and O–H groups in total. The summed E-state index contributed by atoms with van der Waals surface area (Å²) in [4.78, 5) is 31.0. The molecule has 2 heterocycles. The number of hydrogen-bond acceptors (Lipinski definition) is 6. The number of benzene rings is 1. The first-order valence-corrected chi connectivity index (χ1v) is 13.6. The Morgan fingerprint density at radius 1 is 1.17 bits per heavy atom. The van der Waals surface area contributed by atoms with Gasteiger partial charge in [0, 0.05) is 26.2 Å². The van der Waals surface area contributed by atoms with Gasteiger partial charge in [-0.15, -0.1) is 0 Å². The van der Waals surface area contributed by atoms with Crippen LogP contribution in [0.25, 0.3) is 0 Å². The van der Waals surface area contributed by atoms with Crippen LogP contribution in [0.3, 0.4) is 0 Å². The third-order valence-corrected chi connectivity index (χ3v) is 8.43. The maximum absolute atomic E-state index is 13.8. The van der Waals surface area contributed by atoms with Crippen LogP contribution in [0.5, 0.6) is 0 Å². The summed E-state index contributed by atoms with van der Waals surface area (Å²) < 4.78 is 34.9. The Balaban J connectivity index is 2.05. The van der Waals surface area contributed by atoms with Crippen LogP contribution in [0.1, 0.15) is 71.8 Å². The number of aryl methyl sites for hydroxylation is 1. The number of sulfonamides is 1. The van der Waals surface area contributed by atoms with Crippen molar-refractivity contribution in [2.75, 3.05) is 11.4 Å². The lowest BCUT2D eigenvalue weighted by atomic mass is 9.66. The first kappa shape index (κ1) is 26.9. The number of hydrogen-bond donors (Lipinski definition) is 0. The van der Waals surface area contributed by atoms with Crippen molar-refractivity contribution in [2.45, 2.75) is 76.8 Å². The van der Waals surface area contributed by atoms with Gasteiger partial charge in [-0.25, -0.2) is 4.98 Å². The third kappa shape index (κ3) is 5.01. The van der Waals surface area contributed by atoms with Crippen molar-refractivity contribution in [1.29, 1.82) is 0 Å². The number of carbonyl (C=O) groups is 2. The molecule has 2 aromatic rings. The number of carbonyl (C=O) groups excluding carboxylic acids is 2. The molecule has 8 nitrogen and oxygen atoms in total. The van der Waals surface area contributed by atoms with Gasteiger partial charge < -0.3 is 9.30 Å². The second-order valence-corrected chi connectivity index (χ2v) is 12.5. The summed E-state index contributed by atoms with van der Waals surface area (Å²) in [6, 6.07) is 7.04. The molecule has 1 aromatic carbocycles. The smallest absolute Gasteiger partial charge is 0.318 e. The molecule has 2 atom stereocenters. The molecule has 1 saturated heterocycles. The number of esters is 1. The van der Waals surface area contributed by atoms with Crippen molar-refractivity contribution >= 4 is 27.5 Å². The first-order chi connectivity index (χ1) is 16.3. The topological polar surface area (TPSA) is 98.6 Å². The minimum absolute atomic E-state index is 0.0567. The van der Waals surface area contributed by atoms with E-state index in [0.717, 1.165) is 18.4 Å². The number of ether oxygens (including phenoxy) is 1. The fraction of sp³-hybridized carbons (Fsp3) is 0.577. The number of imidazole rings is 1. The standard InChI is InChI=1S/C26H37N3O5S/c1-8-13-26(14-9-2)23(30)21(24(31)34-26)22(25(3,4)5)18-11-10-12-19(15-18)29(7)35(32,33)20-16-28(6)17-27-20/h10-12,15-17,21-22H,8-9,13-14H2,1-7H3. The molecule has 0 bridgehead atoms. The third-order valence-electron chi connectivity index (χ3n) is 6.75. The minimum Gasteiger partial charge on any atom is -0.450 e. The largest absolute Gasteiger partial charge is 0.450 e. The van der Waals surface area contributed by atoms with Crippen molar-refractivity contribution in [3.8, 4) is 0 Å². The molecule has 35 heavy (non-hydrogen) atoms. The Bertz CT molecular complexity index is 1190. The highest BCUT2D eigenvalue weighted by molar-refractivity contribution is 7.92. The number of Topliss-reactive ketones (excluding diaryl/α,β-unsaturated/α-hetero) is 1. The highest BCUT2D eigenvalue weighted by Gasteiger charge is 2.58. The van der Waals surface area contributed by atoms with E-state index in [1.54, 1.807) is 29.8 Å². The Hall–Kier alpha value is -2.68. The predicted octanol–water partition coefficient (Wildman–Crippen LogP) is 4.46. The second-order valence-electron chi connectivity index (χ2n) is 10.5. The van der Waals surface area contributed by atoms with Crippen LogP contribution in [0.15, 0.2) is 41.8 Å².